The molecule has 1 aromatic heterocycles. The second-order valence-corrected chi connectivity index (χ2v) is 6.07. The van der Waals surface area contributed by atoms with Crippen molar-refractivity contribution in [3.8, 4) is 0 Å². The molecule has 0 unspecified atom stereocenters. The molecular formula is C18H17F4N3O. The summed E-state index contributed by atoms with van der Waals surface area (Å²) >= 11 is 0. The molecule has 0 saturated carbocycles. The number of piperazine rings is 1. The van der Waals surface area contributed by atoms with Crippen molar-refractivity contribution in [2.45, 2.75) is 6.18 Å². The number of anilines is 1. The molecule has 1 fully saturated rings. The molecule has 1 aromatic carbocycles. The molecule has 4 nitrogen and oxygen atoms in total. The minimum atomic E-state index is -4.41. The number of hydrogen-bond donors (Lipinski definition) is 0. The standard InChI is InChI=1S/C18H17F4N3O/c19-15-4-2-1-3-14(15)16(26)12-24-7-9-25(10-8-24)17-11-13(5-6-23-17)18(20,21)22/h1-6,11H,7-10,12H2. The van der Waals surface area contributed by atoms with E-state index in [1.807, 2.05) is 4.90 Å². The number of carbonyl (C=O) groups excluding carboxylic acids is 1. The topological polar surface area (TPSA) is 36.4 Å². The van der Waals surface area contributed by atoms with Crippen molar-refractivity contribution in [1.29, 1.82) is 0 Å². The van der Waals surface area contributed by atoms with Crippen molar-refractivity contribution >= 4 is 11.6 Å². The van der Waals surface area contributed by atoms with E-state index < -0.39 is 17.6 Å². The number of halogens is 4. The average molecular weight is 367 g/mol. The molecule has 0 aliphatic carbocycles. The fourth-order valence-electron chi connectivity index (χ4n) is 2.88. The lowest BCUT2D eigenvalue weighted by Crippen LogP contribution is -2.48. The molecule has 26 heavy (non-hydrogen) atoms. The minimum Gasteiger partial charge on any atom is -0.354 e. The zero-order valence-electron chi connectivity index (χ0n) is 13.8. The number of aromatic nitrogens is 1. The Hall–Kier alpha value is -2.48. The summed E-state index contributed by atoms with van der Waals surface area (Å²) in [6, 6.07) is 7.78. The van der Waals surface area contributed by atoms with Crippen LogP contribution in [-0.2, 0) is 6.18 Å². The molecular weight excluding hydrogens is 350 g/mol. The zero-order chi connectivity index (χ0) is 18.7. The van der Waals surface area contributed by atoms with Gasteiger partial charge < -0.3 is 4.90 Å². The van der Waals surface area contributed by atoms with E-state index in [4.69, 9.17) is 0 Å². The van der Waals surface area contributed by atoms with Crippen LogP contribution in [0.3, 0.4) is 0 Å². The van der Waals surface area contributed by atoms with Crippen LogP contribution in [0.25, 0.3) is 0 Å². The summed E-state index contributed by atoms with van der Waals surface area (Å²) in [6.07, 6.45) is -3.27. The van der Waals surface area contributed by atoms with Crippen LogP contribution in [0.2, 0.25) is 0 Å². The molecule has 138 valence electrons. The van der Waals surface area contributed by atoms with E-state index in [-0.39, 0.29) is 23.7 Å². The van der Waals surface area contributed by atoms with Gasteiger partial charge >= 0.3 is 6.18 Å². The van der Waals surface area contributed by atoms with Gasteiger partial charge in [0, 0.05) is 32.4 Å². The van der Waals surface area contributed by atoms with Crippen molar-refractivity contribution < 1.29 is 22.4 Å². The number of carbonyl (C=O) groups is 1. The van der Waals surface area contributed by atoms with E-state index in [1.165, 1.54) is 18.2 Å². The molecule has 0 spiro atoms. The van der Waals surface area contributed by atoms with E-state index in [9.17, 15) is 22.4 Å². The van der Waals surface area contributed by atoms with Crippen LogP contribution < -0.4 is 4.90 Å². The Kier molecular flexibility index (Phi) is 5.22. The SMILES string of the molecule is O=C(CN1CCN(c2cc(C(F)(F)F)ccn2)CC1)c1ccccc1F. The Morgan fingerprint density at radius 2 is 1.77 bits per heavy atom. The highest BCUT2D eigenvalue weighted by Crippen LogP contribution is 2.30. The predicted molar refractivity (Wildman–Crippen MR) is 88.6 cm³/mol. The molecule has 2 aromatic rings. The summed E-state index contributed by atoms with van der Waals surface area (Å²) < 4.78 is 52.1. The Balaban J connectivity index is 1.60. The van der Waals surface area contributed by atoms with Gasteiger partial charge in [0.1, 0.15) is 11.6 Å². The summed E-state index contributed by atoms with van der Waals surface area (Å²) in [5.41, 5.74) is -0.686. The number of hydrogen-bond acceptors (Lipinski definition) is 4. The van der Waals surface area contributed by atoms with Crippen LogP contribution >= 0.6 is 0 Å². The number of pyridine rings is 1. The second-order valence-electron chi connectivity index (χ2n) is 6.07. The van der Waals surface area contributed by atoms with Gasteiger partial charge in [0.25, 0.3) is 0 Å². The molecule has 1 aliphatic heterocycles. The Labute approximate surface area is 148 Å². The molecule has 1 aliphatic rings. The highest BCUT2D eigenvalue weighted by Gasteiger charge is 2.31. The predicted octanol–water partition coefficient (Wildman–Crippen LogP) is 3.24. The monoisotopic (exact) mass is 367 g/mol. The second kappa shape index (κ2) is 7.41. The quantitative estimate of drug-likeness (QED) is 0.614. The third kappa shape index (κ3) is 4.19. The highest BCUT2D eigenvalue weighted by atomic mass is 19.4. The van der Waals surface area contributed by atoms with E-state index in [0.29, 0.717) is 26.2 Å². The fraction of sp³-hybridized carbons (Fsp3) is 0.333. The number of alkyl halides is 3. The van der Waals surface area contributed by atoms with Gasteiger partial charge in [-0.05, 0) is 24.3 Å². The first kappa shape index (κ1) is 18.3. The number of rotatable bonds is 4. The molecule has 0 atom stereocenters. The smallest absolute Gasteiger partial charge is 0.354 e. The number of benzene rings is 1. The first-order valence-electron chi connectivity index (χ1n) is 8.13. The molecule has 8 heteroatoms. The van der Waals surface area contributed by atoms with E-state index in [0.717, 1.165) is 18.3 Å². The van der Waals surface area contributed by atoms with Gasteiger partial charge in [0.2, 0.25) is 0 Å². The van der Waals surface area contributed by atoms with Crippen LogP contribution in [0.5, 0.6) is 0 Å². The summed E-state index contributed by atoms with van der Waals surface area (Å²) in [4.78, 5) is 19.8. The van der Waals surface area contributed by atoms with Crippen molar-refractivity contribution in [2.24, 2.45) is 0 Å². The molecule has 1 saturated heterocycles. The van der Waals surface area contributed by atoms with E-state index in [1.54, 1.807) is 11.0 Å². The molecule has 0 N–H and O–H groups in total. The highest BCUT2D eigenvalue weighted by molar-refractivity contribution is 5.97. The maximum atomic E-state index is 13.7. The van der Waals surface area contributed by atoms with Crippen LogP contribution in [-0.4, -0.2) is 48.4 Å². The Bertz CT molecular complexity index is 786. The Morgan fingerprint density at radius 1 is 1.08 bits per heavy atom. The normalized spacial score (nSPS) is 15.9. The van der Waals surface area contributed by atoms with Gasteiger partial charge in [-0.15, -0.1) is 0 Å². The first-order chi connectivity index (χ1) is 12.3. The van der Waals surface area contributed by atoms with E-state index in [2.05, 4.69) is 4.98 Å². The number of nitrogens with zero attached hydrogens (tertiary/aromatic N) is 3. The van der Waals surface area contributed by atoms with Crippen molar-refractivity contribution in [3.63, 3.8) is 0 Å². The minimum absolute atomic E-state index is 0.0504. The zero-order valence-corrected chi connectivity index (χ0v) is 13.8. The summed E-state index contributed by atoms with van der Waals surface area (Å²) in [6.45, 7) is 1.93. The molecule has 0 radical (unpaired) electrons. The van der Waals surface area contributed by atoms with Gasteiger partial charge in [-0.1, -0.05) is 12.1 Å². The van der Waals surface area contributed by atoms with Gasteiger partial charge in [-0.2, -0.15) is 13.2 Å². The summed E-state index contributed by atoms with van der Waals surface area (Å²) in [5, 5.41) is 0. The van der Waals surface area contributed by atoms with E-state index >= 15 is 0 Å². The third-order valence-electron chi connectivity index (χ3n) is 4.31. The largest absolute Gasteiger partial charge is 0.416 e. The van der Waals surface area contributed by atoms with Gasteiger partial charge in [-0.25, -0.2) is 9.37 Å². The van der Waals surface area contributed by atoms with Gasteiger partial charge in [0.15, 0.2) is 5.78 Å². The van der Waals surface area contributed by atoms with Crippen LogP contribution in [0.4, 0.5) is 23.4 Å². The summed E-state index contributed by atoms with van der Waals surface area (Å²) in [5.74, 6) is -0.599. The molecule has 3 rings (SSSR count). The maximum Gasteiger partial charge on any atom is 0.416 e. The van der Waals surface area contributed by atoms with Crippen LogP contribution in [0, 0.1) is 5.82 Å². The van der Waals surface area contributed by atoms with Crippen molar-refractivity contribution in [1.82, 2.24) is 9.88 Å². The fourth-order valence-corrected chi connectivity index (χ4v) is 2.88. The lowest BCUT2D eigenvalue weighted by molar-refractivity contribution is -0.137. The molecule has 0 bridgehead atoms. The Morgan fingerprint density at radius 3 is 2.42 bits per heavy atom. The third-order valence-corrected chi connectivity index (χ3v) is 4.31. The van der Waals surface area contributed by atoms with Gasteiger partial charge in [-0.3, -0.25) is 9.69 Å². The van der Waals surface area contributed by atoms with Crippen LogP contribution in [0.1, 0.15) is 15.9 Å². The maximum absolute atomic E-state index is 13.7. The van der Waals surface area contributed by atoms with Crippen molar-refractivity contribution in [2.75, 3.05) is 37.6 Å². The van der Waals surface area contributed by atoms with Crippen LogP contribution in [0.15, 0.2) is 42.6 Å². The van der Waals surface area contributed by atoms with Gasteiger partial charge in [0.05, 0.1) is 17.7 Å². The number of ketones is 1. The first-order valence-corrected chi connectivity index (χ1v) is 8.13. The lowest BCUT2D eigenvalue weighted by atomic mass is 10.1. The molecule has 2 heterocycles. The summed E-state index contributed by atoms with van der Waals surface area (Å²) in [7, 11) is 0. The average Bonchev–Trinajstić information content (AvgIpc) is 2.62. The van der Waals surface area contributed by atoms with Crippen molar-refractivity contribution in [3.05, 3.63) is 59.5 Å². The number of Topliss-reactive ketones (excluding diaryl/α,β-unsaturated/α-hetero) is 1. The lowest BCUT2D eigenvalue weighted by Gasteiger charge is -2.35. The molecule has 0 amide bonds.